The highest BCUT2D eigenvalue weighted by Gasteiger charge is 2.59. The first-order chi connectivity index (χ1) is 17.1. The lowest BCUT2D eigenvalue weighted by Gasteiger charge is -2.32. The zero-order valence-electron chi connectivity index (χ0n) is 18.9. The molecule has 2 atom stereocenters. The third kappa shape index (κ3) is 4.54. The number of phenols is 1. The molecule has 2 heterocycles. The minimum Gasteiger partial charge on any atom is -0.612 e. The van der Waals surface area contributed by atoms with Gasteiger partial charge in [-0.05, 0) is 36.4 Å². The van der Waals surface area contributed by atoms with Crippen LogP contribution in [0.5, 0.6) is 23.0 Å². The number of halogens is 2. The summed E-state index contributed by atoms with van der Waals surface area (Å²) in [6.45, 7) is -3.09. The maximum absolute atomic E-state index is 13.9. The van der Waals surface area contributed by atoms with E-state index >= 15 is 0 Å². The number of nitrogens with one attached hydrogen (secondary N) is 2. The fourth-order valence-electron chi connectivity index (χ4n) is 3.64. The Bertz CT molecular complexity index is 1360. The number of aromatic hydroxyl groups is 1. The number of hydrogen-bond donors (Lipinski definition) is 3. The number of aromatic nitrogens is 1. The lowest BCUT2D eigenvalue weighted by Crippen LogP contribution is -2.56. The van der Waals surface area contributed by atoms with Crippen molar-refractivity contribution in [1.82, 2.24) is 4.98 Å². The first-order valence-electron chi connectivity index (χ1n) is 10.2. The van der Waals surface area contributed by atoms with Gasteiger partial charge in [0.25, 0.3) is 9.84 Å². The summed E-state index contributed by atoms with van der Waals surface area (Å²) < 4.78 is 79.7. The number of hydrogen-bond acceptors (Lipinski definition) is 10. The van der Waals surface area contributed by atoms with Gasteiger partial charge in [0.05, 0.1) is 30.5 Å². The van der Waals surface area contributed by atoms with Gasteiger partial charge in [0.15, 0.2) is 17.3 Å². The third-order valence-electron chi connectivity index (χ3n) is 5.29. The number of sulfone groups is 1. The molecule has 2 aromatic carbocycles. The first kappa shape index (κ1) is 25.6. The van der Waals surface area contributed by atoms with Crippen LogP contribution in [0.15, 0.2) is 59.6 Å². The van der Waals surface area contributed by atoms with E-state index in [1.807, 2.05) is 0 Å². The molecule has 0 bridgehead atoms. The molecule has 192 valence electrons. The highest BCUT2D eigenvalue weighted by Crippen LogP contribution is 2.45. The highest BCUT2D eigenvalue weighted by atomic mass is 32.3. The Hall–Kier alpha value is -3.49. The minimum atomic E-state index is -4.50. The number of nitrogens with zero attached hydrogens (tertiary/aromatic N) is 1. The van der Waals surface area contributed by atoms with E-state index in [2.05, 4.69) is 20.4 Å². The summed E-state index contributed by atoms with van der Waals surface area (Å²) in [5, 5.41) is 15.1. The summed E-state index contributed by atoms with van der Waals surface area (Å²) in [5.41, 5.74) is 0.434. The SMILES string of the molecule is COc1ccnc(C[S+]([O-])C2(S(=O)(=O)c3ccc(O)cc3)Nc3ccc(OC(F)F)cc3N2)c1OC. The number of phenolic OH excluding ortho intramolecular Hbond substituents is 1. The van der Waals surface area contributed by atoms with Gasteiger partial charge in [0.1, 0.15) is 17.2 Å². The van der Waals surface area contributed by atoms with Gasteiger partial charge >= 0.3 is 10.9 Å². The van der Waals surface area contributed by atoms with Crippen molar-refractivity contribution < 1.29 is 41.1 Å². The molecule has 1 aliphatic heterocycles. The third-order valence-corrected chi connectivity index (χ3v) is 9.75. The van der Waals surface area contributed by atoms with Crippen molar-refractivity contribution in [2.45, 2.75) is 21.6 Å². The van der Waals surface area contributed by atoms with Gasteiger partial charge in [0.2, 0.25) is 0 Å². The quantitative estimate of drug-likeness (QED) is 0.346. The van der Waals surface area contributed by atoms with Crippen LogP contribution in [0.2, 0.25) is 0 Å². The number of benzene rings is 2. The molecule has 0 fully saturated rings. The fourth-order valence-corrected chi connectivity index (χ4v) is 7.50. The normalized spacial score (nSPS) is 17.6. The molecule has 36 heavy (non-hydrogen) atoms. The van der Waals surface area contributed by atoms with Crippen LogP contribution >= 0.6 is 0 Å². The molecule has 14 heteroatoms. The molecular weight excluding hydrogens is 520 g/mol. The van der Waals surface area contributed by atoms with Crippen molar-refractivity contribution in [2.24, 2.45) is 0 Å². The smallest absolute Gasteiger partial charge is 0.387 e. The molecule has 1 aromatic heterocycles. The Labute approximate surface area is 208 Å². The standard InChI is InChI=1S/C22H21F2N3O7S2/c1-32-19-9-10-25-18(20(19)33-2)12-35(29)22(36(30,31)15-6-3-13(28)4-7-15)26-16-8-5-14(34-21(23)24)11-17(16)27-22/h3-11,21,26-28H,12H2,1-2H3. The number of ether oxygens (including phenoxy) is 3. The van der Waals surface area contributed by atoms with Crippen LogP contribution < -0.4 is 24.8 Å². The van der Waals surface area contributed by atoms with Crippen molar-refractivity contribution in [3.63, 3.8) is 0 Å². The average Bonchev–Trinajstić information content (AvgIpc) is 3.24. The van der Waals surface area contributed by atoms with Crippen LogP contribution in [0.25, 0.3) is 0 Å². The summed E-state index contributed by atoms with van der Waals surface area (Å²) in [6, 6.07) is 9.91. The van der Waals surface area contributed by atoms with Crippen LogP contribution in [0.4, 0.5) is 20.2 Å². The van der Waals surface area contributed by atoms with Gasteiger partial charge in [0, 0.05) is 29.5 Å². The van der Waals surface area contributed by atoms with E-state index in [0.717, 1.165) is 12.1 Å². The Morgan fingerprint density at radius 2 is 1.78 bits per heavy atom. The number of fused-ring (bicyclic) bond motifs is 1. The van der Waals surface area contributed by atoms with Gasteiger partial charge < -0.3 is 34.5 Å². The minimum absolute atomic E-state index is 0.0782. The van der Waals surface area contributed by atoms with Gasteiger partial charge in [-0.2, -0.15) is 8.78 Å². The van der Waals surface area contributed by atoms with Crippen molar-refractivity contribution in [3.05, 3.63) is 60.4 Å². The highest BCUT2D eigenvalue weighted by molar-refractivity contribution is 8.10. The van der Waals surface area contributed by atoms with E-state index in [0.29, 0.717) is 5.75 Å². The molecular formula is C22H21F2N3O7S2. The van der Waals surface area contributed by atoms with Gasteiger partial charge in [-0.25, -0.2) is 8.42 Å². The predicted octanol–water partition coefficient (Wildman–Crippen LogP) is 3.28. The maximum atomic E-state index is 13.9. The van der Waals surface area contributed by atoms with Crippen LogP contribution in [0.3, 0.4) is 0 Å². The largest absolute Gasteiger partial charge is 0.612 e. The van der Waals surface area contributed by atoms with Crippen LogP contribution in [-0.4, -0.2) is 48.2 Å². The van der Waals surface area contributed by atoms with E-state index < -0.39 is 37.7 Å². The molecule has 3 aromatic rings. The Kier molecular flexibility index (Phi) is 7.02. The summed E-state index contributed by atoms with van der Waals surface area (Å²) in [7, 11) is -1.73. The Morgan fingerprint density at radius 3 is 2.42 bits per heavy atom. The second kappa shape index (κ2) is 9.87. The van der Waals surface area contributed by atoms with E-state index in [1.165, 1.54) is 56.8 Å². The summed E-state index contributed by atoms with van der Waals surface area (Å²) in [6.07, 6.45) is 1.40. The lowest BCUT2D eigenvalue weighted by atomic mass is 10.2. The van der Waals surface area contributed by atoms with Crippen molar-refractivity contribution >= 4 is 32.4 Å². The van der Waals surface area contributed by atoms with Crippen LogP contribution in [0.1, 0.15) is 5.69 Å². The Balaban J connectivity index is 1.80. The molecule has 10 nitrogen and oxygen atoms in total. The maximum Gasteiger partial charge on any atom is 0.387 e. The van der Waals surface area contributed by atoms with Gasteiger partial charge in [-0.15, -0.1) is 0 Å². The van der Waals surface area contributed by atoms with Gasteiger partial charge in [-0.3, -0.25) is 4.98 Å². The number of anilines is 2. The topological polar surface area (TPSA) is 142 Å². The van der Waals surface area contributed by atoms with Crippen molar-refractivity contribution in [1.29, 1.82) is 0 Å². The lowest BCUT2D eigenvalue weighted by molar-refractivity contribution is -0.0497. The monoisotopic (exact) mass is 541 g/mol. The molecule has 0 radical (unpaired) electrons. The number of rotatable bonds is 9. The average molecular weight is 542 g/mol. The number of methoxy groups -OCH3 is 2. The molecule has 3 N–H and O–H groups in total. The molecule has 0 amide bonds. The van der Waals surface area contributed by atoms with E-state index in [4.69, 9.17) is 9.47 Å². The first-order valence-corrected chi connectivity index (χ1v) is 13.0. The second-order valence-corrected chi connectivity index (χ2v) is 11.4. The zero-order chi connectivity index (χ0) is 26.1. The molecule has 4 rings (SSSR count). The van der Waals surface area contributed by atoms with Crippen molar-refractivity contribution in [3.8, 4) is 23.0 Å². The molecule has 1 aliphatic rings. The molecule has 0 aliphatic carbocycles. The zero-order valence-corrected chi connectivity index (χ0v) is 20.5. The van der Waals surface area contributed by atoms with Crippen LogP contribution in [0, 0.1) is 0 Å². The molecule has 0 saturated heterocycles. The van der Waals surface area contributed by atoms with E-state index in [-0.39, 0.29) is 39.2 Å². The number of alkyl halides is 2. The van der Waals surface area contributed by atoms with Crippen LogP contribution in [-0.2, 0) is 26.8 Å². The van der Waals surface area contributed by atoms with Gasteiger partial charge in [-0.1, -0.05) is 0 Å². The summed E-state index contributed by atoms with van der Waals surface area (Å²) >= 11 is -2.31. The molecule has 0 spiro atoms. The predicted molar refractivity (Wildman–Crippen MR) is 128 cm³/mol. The summed E-state index contributed by atoms with van der Waals surface area (Å²) in [4.78, 5) is 3.92. The van der Waals surface area contributed by atoms with Crippen molar-refractivity contribution in [2.75, 3.05) is 24.9 Å². The molecule has 0 saturated carbocycles. The van der Waals surface area contributed by atoms with E-state index in [1.54, 1.807) is 0 Å². The second-order valence-electron chi connectivity index (χ2n) is 7.43. The number of pyridine rings is 1. The summed E-state index contributed by atoms with van der Waals surface area (Å²) in [5.74, 6) is -0.309. The van der Waals surface area contributed by atoms with E-state index in [9.17, 15) is 26.9 Å². The molecule has 2 unspecified atom stereocenters. The fraction of sp³-hybridized carbons (Fsp3) is 0.227. The Morgan fingerprint density at radius 1 is 1.08 bits per heavy atom.